The minimum Gasteiger partial charge on any atom is -0.352 e. The Morgan fingerprint density at radius 3 is 2.73 bits per heavy atom. The van der Waals surface area contributed by atoms with Crippen LogP contribution < -0.4 is 5.32 Å². The number of carbonyl (C=O) groups is 1. The predicted molar refractivity (Wildman–Crippen MR) is 83.3 cm³/mol. The van der Waals surface area contributed by atoms with E-state index in [1.807, 2.05) is 28.8 Å². The quantitative estimate of drug-likeness (QED) is 0.743. The minimum atomic E-state index is -0.264. The number of amides is 1. The van der Waals surface area contributed by atoms with E-state index in [9.17, 15) is 4.79 Å². The summed E-state index contributed by atoms with van der Waals surface area (Å²) in [4.78, 5) is 15.8. The largest absolute Gasteiger partial charge is 0.352 e. The Bertz CT molecular complexity index is 813. The lowest BCUT2D eigenvalue weighted by atomic mass is 10.2. The van der Waals surface area contributed by atoms with Gasteiger partial charge in [-0.05, 0) is 24.3 Å². The number of rotatable bonds is 4. The first kappa shape index (κ1) is 14.7. The molecule has 0 aliphatic rings. The third kappa shape index (κ3) is 3.18. The van der Waals surface area contributed by atoms with Crippen molar-refractivity contribution in [1.29, 1.82) is 0 Å². The summed E-state index contributed by atoms with van der Waals surface area (Å²) in [5.41, 5.74) is 1.15. The van der Waals surface area contributed by atoms with Gasteiger partial charge in [-0.3, -0.25) is 9.20 Å². The normalized spacial score (nSPS) is 10.8. The molecule has 3 heterocycles. The second kappa shape index (κ2) is 6.29. The monoisotopic (exact) mass is 335 g/mol. The van der Waals surface area contributed by atoms with E-state index in [-0.39, 0.29) is 16.2 Å². The zero-order valence-electron chi connectivity index (χ0n) is 11.3. The Morgan fingerprint density at radius 2 is 1.95 bits per heavy atom. The summed E-state index contributed by atoms with van der Waals surface area (Å²) in [6, 6.07) is 8.60. The van der Waals surface area contributed by atoms with Gasteiger partial charge in [0.2, 0.25) is 0 Å². The Morgan fingerprint density at radius 1 is 1.18 bits per heavy atom. The predicted octanol–water partition coefficient (Wildman–Crippen LogP) is 2.40. The molecule has 0 aliphatic carbocycles. The molecule has 22 heavy (non-hydrogen) atoms. The summed E-state index contributed by atoms with van der Waals surface area (Å²) in [7, 11) is 0. The lowest BCUT2D eigenvalue weighted by Crippen LogP contribution is -2.26. The minimum absolute atomic E-state index is 0.182. The molecule has 1 amide bonds. The Balaban J connectivity index is 1.64. The first-order valence-electron chi connectivity index (χ1n) is 6.53. The second-order valence-corrected chi connectivity index (χ2v) is 5.33. The van der Waals surface area contributed by atoms with Gasteiger partial charge in [-0.25, -0.2) is 4.98 Å². The highest BCUT2D eigenvalue weighted by atomic mass is 35.5. The van der Waals surface area contributed by atoms with Crippen molar-refractivity contribution in [2.24, 2.45) is 0 Å². The number of pyridine rings is 2. The fourth-order valence-corrected chi connectivity index (χ4v) is 2.51. The first-order chi connectivity index (χ1) is 10.6. The molecule has 0 aliphatic heterocycles. The molecule has 8 heteroatoms. The van der Waals surface area contributed by atoms with Crippen molar-refractivity contribution in [3.63, 3.8) is 0 Å². The lowest BCUT2D eigenvalue weighted by Gasteiger charge is -2.05. The smallest absolute Gasteiger partial charge is 0.251 e. The summed E-state index contributed by atoms with van der Waals surface area (Å²) in [6.45, 7) is 0.423. The molecule has 3 aromatic heterocycles. The maximum absolute atomic E-state index is 12.0. The van der Waals surface area contributed by atoms with Crippen LogP contribution in [0.3, 0.4) is 0 Å². The number of fused-ring (bicyclic) bond motifs is 1. The van der Waals surface area contributed by atoms with Crippen molar-refractivity contribution in [2.75, 3.05) is 6.54 Å². The van der Waals surface area contributed by atoms with Crippen LogP contribution >= 0.6 is 23.2 Å². The van der Waals surface area contributed by atoms with Gasteiger partial charge in [0.15, 0.2) is 5.65 Å². The van der Waals surface area contributed by atoms with Crippen molar-refractivity contribution in [3.8, 4) is 0 Å². The molecule has 0 spiro atoms. The number of nitrogens with one attached hydrogen (secondary N) is 1. The number of halogens is 2. The SMILES string of the molecule is O=C(NCCc1nnc2ccccn12)c1cc(Cl)nc(Cl)c1. The summed E-state index contributed by atoms with van der Waals surface area (Å²) in [5, 5.41) is 11.3. The number of hydrogen-bond acceptors (Lipinski definition) is 4. The molecule has 0 saturated heterocycles. The third-order valence-corrected chi connectivity index (χ3v) is 3.43. The zero-order chi connectivity index (χ0) is 15.5. The van der Waals surface area contributed by atoms with Crippen LogP contribution in [0.5, 0.6) is 0 Å². The third-order valence-electron chi connectivity index (χ3n) is 3.04. The van der Waals surface area contributed by atoms with E-state index < -0.39 is 0 Å². The molecule has 0 unspecified atom stereocenters. The van der Waals surface area contributed by atoms with Crippen molar-refractivity contribution in [2.45, 2.75) is 6.42 Å². The lowest BCUT2D eigenvalue weighted by molar-refractivity contribution is 0.0954. The fourth-order valence-electron chi connectivity index (χ4n) is 2.05. The molecule has 112 valence electrons. The van der Waals surface area contributed by atoms with Crippen LogP contribution in [0.4, 0.5) is 0 Å². The molecular formula is C14H11Cl2N5O. The van der Waals surface area contributed by atoms with Gasteiger partial charge in [0.25, 0.3) is 5.91 Å². The van der Waals surface area contributed by atoms with Crippen LogP contribution in [0.2, 0.25) is 10.3 Å². The van der Waals surface area contributed by atoms with Gasteiger partial charge in [-0.1, -0.05) is 29.3 Å². The van der Waals surface area contributed by atoms with E-state index in [1.54, 1.807) is 0 Å². The molecule has 0 fully saturated rings. The highest BCUT2D eigenvalue weighted by Crippen LogP contribution is 2.14. The van der Waals surface area contributed by atoms with Crippen LogP contribution in [-0.4, -0.2) is 32.0 Å². The van der Waals surface area contributed by atoms with Crippen molar-refractivity contribution >= 4 is 34.8 Å². The van der Waals surface area contributed by atoms with Crippen LogP contribution in [0, 0.1) is 0 Å². The van der Waals surface area contributed by atoms with Crippen LogP contribution in [-0.2, 0) is 6.42 Å². The van der Waals surface area contributed by atoms with Crippen molar-refractivity contribution in [1.82, 2.24) is 24.9 Å². The molecule has 3 aromatic rings. The summed E-state index contributed by atoms with van der Waals surface area (Å²) in [5.74, 6) is 0.515. The average Bonchev–Trinajstić information content (AvgIpc) is 2.90. The van der Waals surface area contributed by atoms with E-state index >= 15 is 0 Å². The van der Waals surface area contributed by atoms with Gasteiger partial charge in [-0.15, -0.1) is 10.2 Å². The summed E-state index contributed by atoms with van der Waals surface area (Å²) >= 11 is 11.6. The van der Waals surface area contributed by atoms with E-state index in [0.29, 0.717) is 18.5 Å². The van der Waals surface area contributed by atoms with E-state index in [4.69, 9.17) is 23.2 Å². The molecule has 1 N–H and O–H groups in total. The highest BCUT2D eigenvalue weighted by molar-refractivity contribution is 6.33. The Hall–Kier alpha value is -2.18. The standard InChI is InChI=1S/C14H11Cl2N5O/c15-10-7-9(8-11(16)18-10)14(22)17-5-4-13-20-19-12-3-1-2-6-21(12)13/h1-3,6-8H,4-5H2,(H,17,22). The molecule has 0 radical (unpaired) electrons. The number of carbonyl (C=O) groups excluding carboxylic acids is 1. The van der Waals surface area contributed by atoms with Gasteiger partial charge in [0.05, 0.1) is 0 Å². The maximum Gasteiger partial charge on any atom is 0.251 e. The summed E-state index contributed by atoms with van der Waals surface area (Å²) in [6.07, 6.45) is 2.44. The van der Waals surface area contributed by atoms with Crippen LogP contribution in [0.15, 0.2) is 36.5 Å². The number of nitrogens with zero attached hydrogens (tertiary/aromatic N) is 4. The highest BCUT2D eigenvalue weighted by Gasteiger charge is 2.09. The van der Waals surface area contributed by atoms with Gasteiger partial charge in [0.1, 0.15) is 16.1 Å². The second-order valence-electron chi connectivity index (χ2n) is 4.55. The molecule has 0 bridgehead atoms. The van der Waals surface area contributed by atoms with Gasteiger partial charge >= 0.3 is 0 Å². The number of hydrogen-bond donors (Lipinski definition) is 1. The van der Waals surface area contributed by atoms with Crippen molar-refractivity contribution < 1.29 is 4.79 Å². The maximum atomic E-state index is 12.0. The van der Waals surface area contributed by atoms with Gasteiger partial charge < -0.3 is 5.32 Å². The molecule has 0 aromatic carbocycles. The molecule has 3 rings (SSSR count). The van der Waals surface area contributed by atoms with Crippen LogP contribution in [0.1, 0.15) is 16.2 Å². The first-order valence-corrected chi connectivity index (χ1v) is 7.29. The zero-order valence-corrected chi connectivity index (χ0v) is 12.8. The van der Waals surface area contributed by atoms with Crippen LogP contribution in [0.25, 0.3) is 5.65 Å². The summed E-state index contributed by atoms with van der Waals surface area (Å²) < 4.78 is 1.88. The molecular weight excluding hydrogens is 325 g/mol. The van der Waals surface area contributed by atoms with E-state index in [0.717, 1.165) is 11.5 Å². The molecule has 0 atom stereocenters. The number of aromatic nitrogens is 4. The van der Waals surface area contributed by atoms with E-state index in [2.05, 4.69) is 20.5 Å². The Kier molecular flexibility index (Phi) is 4.22. The fraction of sp³-hybridized carbons (Fsp3) is 0.143. The molecule has 0 saturated carbocycles. The van der Waals surface area contributed by atoms with Gasteiger partial charge in [-0.2, -0.15) is 0 Å². The average molecular weight is 336 g/mol. The molecule has 6 nitrogen and oxygen atoms in total. The Labute approximate surface area is 136 Å². The topological polar surface area (TPSA) is 72.2 Å². The van der Waals surface area contributed by atoms with Gasteiger partial charge in [0, 0.05) is 24.7 Å². The van der Waals surface area contributed by atoms with Crippen molar-refractivity contribution in [3.05, 3.63) is 58.2 Å². The van der Waals surface area contributed by atoms with E-state index in [1.165, 1.54) is 12.1 Å².